The first kappa shape index (κ1) is 22.6. The fourth-order valence-corrected chi connectivity index (χ4v) is 4.66. The van der Waals surface area contributed by atoms with Crippen molar-refractivity contribution in [3.05, 3.63) is 75.9 Å². The van der Waals surface area contributed by atoms with Crippen LogP contribution in [0.25, 0.3) is 15.9 Å². The summed E-state index contributed by atoms with van der Waals surface area (Å²) in [6, 6.07) is 14.5. The molecule has 0 radical (unpaired) electrons. The molecule has 168 valence electrons. The normalized spacial score (nSPS) is 10.8. The van der Waals surface area contributed by atoms with Gasteiger partial charge in [-0.3, -0.25) is 14.2 Å². The molecule has 2 aromatic carbocycles. The van der Waals surface area contributed by atoms with Crippen LogP contribution in [0.2, 0.25) is 0 Å². The summed E-state index contributed by atoms with van der Waals surface area (Å²) in [5, 5.41) is 16.0. The summed E-state index contributed by atoms with van der Waals surface area (Å²) in [4.78, 5) is 41.3. The number of anilines is 1. The van der Waals surface area contributed by atoms with E-state index in [4.69, 9.17) is 4.74 Å². The number of amides is 1. The number of hydrogen-bond acceptors (Lipinski definition) is 8. The molecule has 1 N–H and O–H groups in total. The van der Waals surface area contributed by atoms with Crippen molar-refractivity contribution in [3.63, 3.8) is 0 Å². The summed E-state index contributed by atoms with van der Waals surface area (Å²) in [7, 11) is 0. The van der Waals surface area contributed by atoms with Crippen LogP contribution in [0.4, 0.5) is 5.69 Å². The summed E-state index contributed by atoms with van der Waals surface area (Å²) >= 11 is 2.39. The molecule has 0 unspecified atom stereocenters. The number of thioether (sulfide) groups is 1. The Bertz CT molecular complexity index is 1360. The molecule has 1 amide bonds. The van der Waals surface area contributed by atoms with Crippen LogP contribution in [0.1, 0.15) is 17.3 Å². The van der Waals surface area contributed by atoms with Gasteiger partial charge in [0.05, 0.1) is 29.5 Å². The number of ether oxygens (including phenoxy) is 1. The lowest BCUT2D eigenvalue weighted by Gasteiger charge is -2.13. The number of thiophene rings is 1. The van der Waals surface area contributed by atoms with E-state index in [1.54, 1.807) is 35.7 Å². The van der Waals surface area contributed by atoms with E-state index in [1.165, 1.54) is 40.2 Å². The Morgan fingerprint density at radius 3 is 2.52 bits per heavy atom. The lowest BCUT2D eigenvalue weighted by atomic mass is 10.2. The standard InChI is InChI=1S/C23H19N3O5S2/c1-2-31-17-9-5-15(6-10-17)24-19(27)13-33-23-25-18-11-12-32-20(18)21(28)26(23)16-7-3-14(4-8-16)22(29)30/h3-12H,2,13H2,1H3,(H,24,27)(H,29,30)/p-1. The monoisotopic (exact) mass is 480 g/mol. The molecule has 0 aliphatic heterocycles. The number of rotatable bonds is 8. The Balaban J connectivity index is 1.57. The van der Waals surface area contributed by atoms with E-state index in [0.29, 0.717) is 39.1 Å². The van der Waals surface area contributed by atoms with Crippen molar-refractivity contribution < 1.29 is 19.4 Å². The summed E-state index contributed by atoms with van der Waals surface area (Å²) in [5.41, 5.74) is 1.33. The molecule has 33 heavy (non-hydrogen) atoms. The zero-order valence-corrected chi connectivity index (χ0v) is 19.1. The third-order valence-electron chi connectivity index (χ3n) is 4.59. The van der Waals surface area contributed by atoms with Crippen LogP contribution >= 0.6 is 23.1 Å². The Kier molecular flexibility index (Phi) is 6.76. The van der Waals surface area contributed by atoms with E-state index >= 15 is 0 Å². The van der Waals surface area contributed by atoms with E-state index in [1.807, 2.05) is 6.92 Å². The van der Waals surface area contributed by atoms with E-state index < -0.39 is 5.97 Å². The quantitative estimate of drug-likeness (QED) is 0.305. The highest BCUT2D eigenvalue weighted by Gasteiger charge is 2.16. The topological polar surface area (TPSA) is 113 Å². The van der Waals surface area contributed by atoms with Crippen molar-refractivity contribution in [2.45, 2.75) is 12.1 Å². The van der Waals surface area contributed by atoms with E-state index in [-0.39, 0.29) is 22.8 Å². The van der Waals surface area contributed by atoms with Crippen molar-refractivity contribution >= 4 is 50.9 Å². The average molecular weight is 481 g/mol. The maximum Gasteiger partial charge on any atom is 0.276 e. The predicted molar refractivity (Wildman–Crippen MR) is 127 cm³/mol. The molecule has 0 bridgehead atoms. The second kappa shape index (κ2) is 9.88. The summed E-state index contributed by atoms with van der Waals surface area (Å²) in [6.07, 6.45) is 0. The van der Waals surface area contributed by atoms with Gasteiger partial charge in [0, 0.05) is 5.69 Å². The van der Waals surface area contributed by atoms with Crippen LogP contribution in [0.15, 0.2) is 69.9 Å². The maximum atomic E-state index is 13.1. The first-order valence-electron chi connectivity index (χ1n) is 9.94. The van der Waals surface area contributed by atoms with Crippen molar-refractivity contribution in [2.24, 2.45) is 0 Å². The predicted octanol–water partition coefficient (Wildman–Crippen LogP) is 2.94. The molecule has 0 spiro atoms. The molecule has 0 fully saturated rings. The number of aromatic nitrogens is 2. The van der Waals surface area contributed by atoms with Gasteiger partial charge in [0.2, 0.25) is 5.91 Å². The Morgan fingerprint density at radius 1 is 1.12 bits per heavy atom. The maximum absolute atomic E-state index is 13.1. The molecule has 0 saturated carbocycles. The zero-order chi connectivity index (χ0) is 23.4. The Labute approximate surface area is 196 Å². The Morgan fingerprint density at radius 2 is 1.85 bits per heavy atom. The summed E-state index contributed by atoms with van der Waals surface area (Å²) in [5.74, 6) is -0.831. The van der Waals surface area contributed by atoms with Crippen LogP contribution in [0.5, 0.6) is 5.75 Å². The molecule has 10 heteroatoms. The van der Waals surface area contributed by atoms with Crippen LogP contribution in [-0.2, 0) is 4.79 Å². The number of carboxylic acids is 1. The Hall–Kier alpha value is -3.63. The SMILES string of the molecule is CCOc1ccc(NC(=O)CSc2nc3ccsc3c(=O)n2-c2ccc(C(=O)[O-])cc2)cc1. The minimum absolute atomic E-state index is 0.000830. The molecule has 0 aliphatic carbocycles. The first-order chi connectivity index (χ1) is 16.0. The fraction of sp³-hybridized carbons (Fsp3) is 0.130. The van der Waals surface area contributed by atoms with E-state index in [0.717, 1.165) is 11.8 Å². The number of nitrogens with one attached hydrogen (secondary N) is 1. The highest BCUT2D eigenvalue weighted by Crippen LogP contribution is 2.24. The largest absolute Gasteiger partial charge is 0.545 e. The molecule has 2 aromatic heterocycles. The molecule has 4 aromatic rings. The van der Waals surface area contributed by atoms with Crippen molar-refractivity contribution in [1.82, 2.24) is 9.55 Å². The van der Waals surface area contributed by atoms with Crippen LogP contribution < -0.4 is 20.7 Å². The van der Waals surface area contributed by atoms with Gasteiger partial charge in [-0.25, -0.2) is 4.98 Å². The van der Waals surface area contributed by atoms with Crippen LogP contribution in [0.3, 0.4) is 0 Å². The number of hydrogen-bond donors (Lipinski definition) is 1. The van der Waals surface area contributed by atoms with Gasteiger partial charge in [-0.1, -0.05) is 23.9 Å². The van der Waals surface area contributed by atoms with Gasteiger partial charge in [-0.15, -0.1) is 11.3 Å². The molecule has 2 heterocycles. The zero-order valence-electron chi connectivity index (χ0n) is 17.4. The molecule has 0 atom stereocenters. The van der Waals surface area contributed by atoms with Gasteiger partial charge in [-0.05, 0) is 60.3 Å². The first-order valence-corrected chi connectivity index (χ1v) is 11.8. The minimum Gasteiger partial charge on any atom is -0.545 e. The van der Waals surface area contributed by atoms with E-state index in [2.05, 4.69) is 10.3 Å². The minimum atomic E-state index is -1.30. The molecule has 4 rings (SSSR count). The van der Waals surface area contributed by atoms with Crippen molar-refractivity contribution in [1.29, 1.82) is 0 Å². The van der Waals surface area contributed by atoms with Crippen LogP contribution in [-0.4, -0.2) is 33.8 Å². The molecular formula is C23H18N3O5S2-. The molecular weight excluding hydrogens is 462 g/mol. The number of carbonyl (C=O) groups is 2. The number of carboxylic acid groups (broad SMARTS) is 1. The number of nitrogens with zero attached hydrogens (tertiary/aromatic N) is 2. The lowest BCUT2D eigenvalue weighted by Crippen LogP contribution is -2.23. The number of fused-ring (bicyclic) bond motifs is 1. The third-order valence-corrected chi connectivity index (χ3v) is 6.42. The fourth-order valence-electron chi connectivity index (χ4n) is 3.09. The smallest absolute Gasteiger partial charge is 0.276 e. The van der Waals surface area contributed by atoms with Gasteiger partial charge in [-0.2, -0.15) is 0 Å². The van der Waals surface area contributed by atoms with Gasteiger partial charge in [0.1, 0.15) is 10.4 Å². The highest BCUT2D eigenvalue weighted by atomic mass is 32.2. The second-order valence-electron chi connectivity index (χ2n) is 6.80. The highest BCUT2D eigenvalue weighted by molar-refractivity contribution is 7.99. The van der Waals surface area contributed by atoms with Crippen LogP contribution in [0, 0.1) is 0 Å². The van der Waals surface area contributed by atoms with Gasteiger partial charge < -0.3 is 20.0 Å². The van der Waals surface area contributed by atoms with Gasteiger partial charge >= 0.3 is 0 Å². The molecule has 8 nitrogen and oxygen atoms in total. The van der Waals surface area contributed by atoms with Gasteiger partial charge in [0.25, 0.3) is 5.56 Å². The molecule has 0 aliphatic rings. The van der Waals surface area contributed by atoms with Crippen molar-refractivity contribution in [3.8, 4) is 11.4 Å². The summed E-state index contributed by atoms with van der Waals surface area (Å²) in [6.45, 7) is 2.45. The number of carbonyl (C=O) groups excluding carboxylic acids is 2. The van der Waals surface area contributed by atoms with Gasteiger partial charge in [0.15, 0.2) is 5.16 Å². The lowest BCUT2D eigenvalue weighted by molar-refractivity contribution is -0.255. The third kappa shape index (κ3) is 5.07. The number of benzene rings is 2. The number of aromatic carboxylic acids is 1. The average Bonchev–Trinajstić information content (AvgIpc) is 3.28. The molecule has 0 saturated heterocycles. The summed E-state index contributed by atoms with van der Waals surface area (Å²) < 4.78 is 7.25. The van der Waals surface area contributed by atoms with Crippen molar-refractivity contribution in [2.75, 3.05) is 17.7 Å². The van der Waals surface area contributed by atoms with E-state index in [9.17, 15) is 19.5 Å². The second-order valence-corrected chi connectivity index (χ2v) is 8.66.